The third-order valence-electron chi connectivity index (χ3n) is 4.64. The fourth-order valence-corrected chi connectivity index (χ4v) is 3.74. The first-order chi connectivity index (χ1) is 12.6. The lowest BCUT2D eigenvalue weighted by Crippen LogP contribution is -2.48. The maximum absolute atomic E-state index is 12.8. The zero-order valence-corrected chi connectivity index (χ0v) is 14.9. The summed E-state index contributed by atoms with van der Waals surface area (Å²) < 4.78 is 0. The van der Waals surface area contributed by atoms with Gasteiger partial charge in [0, 0.05) is 55.4 Å². The second-order valence-corrected chi connectivity index (χ2v) is 7.37. The van der Waals surface area contributed by atoms with Gasteiger partial charge >= 0.3 is 0 Å². The van der Waals surface area contributed by atoms with Crippen molar-refractivity contribution in [3.05, 3.63) is 45.5 Å². The predicted octanol–water partition coefficient (Wildman–Crippen LogP) is 2.59. The molecule has 2 aromatic rings. The summed E-state index contributed by atoms with van der Waals surface area (Å²) in [6.45, 7) is 2.58. The van der Waals surface area contributed by atoms with E-state index >= 15 is 0 Å². The van der Waals surface area contributed by atoms with Crippen LogP contribution in [0, 0.1) is 10.1 Å². The number of anilines is 2. The highest BCUT2D eigenvalue weighted by Crippen LogP contribution is 2.32. The van der Waals surface area contributed by atoms with Crippen LogP contribution in [0.4, 0.5) is 16.5 Å². The third-order valence-corrected chi connectivity index (χ3v) is 5.47. The van der Waals surface area contributed by atoms with Gasteiger partial charge in [0.25, 0.3) is 11.6 Å². The van der Waals surface area contributed by atoms with E-state index in [9.17, 15) is 14.9 Å². The molecular formula is C17H19N5O3S. The van der Waals surface area contributed by atoms with Gasteiger partial charge in [0.1, 0.15) is 5.69 Å². The summed E-state index contributed by atoms with van der Waals surface area (Å²) in [6, 6.07) is 5.03. The van der Waals surface area contributed by atoms with Gasteiger partial charge in [0.05, 0.1) is 4.92 Å². The van der Waals surface area contributed by atoms with Crippen molar-refractivity contribution < 1.29 is 9.72 Å². The highest BCUT2D eigenvalue weighted by Gasteiger charge is 2.28. The van der Waals surface area contributed by atoms with Crippen molar-refractivity contribution in [1.82, 2.24) is 9.88 Å². The maximum atomic E-state index is 12.8. The van der Waals surface area contributed by atoms with Crippen molar-refractivity contribution in [2.75, 3.05) is 36.4 Å². The first-order valence-corrected chi connectivity index (χ1v) is 9.48. The van der Waals surface area contributed by atoms with E-state index in [0.29, 0.717) is 43.5 Å². The number of nitrogens with one attached hydrogen (secondary N) is 1. The largest absolute Gasteiger partial charge is 0.377 e. The van der Waals surface area contributed by atoms with Gasteiger partial charge in [-0.3, -0.25) is 14.9 Å². The number of nitro benzene ring substituents is 1. The van der Waals surface area contributed by atoms with E-state index in [2.05, 4.69) is 15.2 Å². The van der Waals surface area contributed by atoms with E-state index in [4.69, 9.17) is 0 Å². The molecule has 2 fully saturated rings. The van der Waals surface area contributed by atoms with E-state index in [1.165, 1.54) is 6.07 Å². The zero-order chi connectivity index (χ0) is 18.1. The summed E-state index contributed by atoms with van der Waals surface area (Å²) in [4.78, 5) is 31.9. The van der Waals surface area contributed by atoms with E-state index in [0.717, 1.165) is 18.0 Å². The lowest BCUT2D eigenvalue weighted by molar-refractivity contribution is -0.384. The maximum Gasteiger partial charge on any atom is 0.293 e. The van der Waals surface area contributed by atoms with Gasteiger partial charge in [-0.05, 0) is 25.0 Å². The molecule has 0 bridgehead atoms. The molecule has 2 aliphatic rings. The Hall–Kier alpha value is -2.68. The molecule has 1 saturated heterocycles. The first-order valence-electron chi connectivity index (χ1n) is 8.60. The summed E-state index contributed by atoms with van der Waals surface area (Å²) >= 11 is 1.58. The molecule has 9 heteroatoms. The Bertz CT molecular complexity index is 814. The van der Waals surface area contributed by atoms with Gasteiger partial charge in [-0.15, -0.1) is 11.3 Å². The molecule has 4 rings (SSSR count). The Kier molecular flexibility index (Phi) is 4.46. The Morgan fingerprint density at radius 1 is 1.27 bits per heavy atom. The van der Waals surface area contributed by atoms with Crippen molar-refractivity contribution in [2.45, 2.75) is 18.9 Å². The standard InChI is InChI=1S/C17H19N5O3S/c23-16(20-6-8-21(9-7-20)17-18-5-10-26-17)12-1-4-14(19-13-2-3-13)15(11-12)22(24)25/h1,4-5,10-11,13,19H,2-3,6-9H2. The van der Waals surface area contributed by atoms with Crippen LogP contribution in [-0.4, -0.2) is 52.9 Å². The SMILES string of the molecule is O=C(c1ccc(NC2CC2)c([N+](=O)[O-])c1)N1CCN(c2nccs2)CC1. The fraction of sp³-hybridized carbons (Fsp3) is 0.412. The summed E-state index contributed by atoms with van der Waals surface area (Å²) in [5.74, 6) is -0.162. The molecule has 2 heterocycles. The number of benzene rings is 1. The van der Waals surface area contributed by atoms with E-state index < -0.39 is 4.92 Å². The number of carbonyl (C=O) groups excluding carboxylic acids is 1. The van der Waals surface area contributed by atoms with Crippen LogP contribution < -0.4 is 10.2 Å². The molecule has 1 aromatic carbocycles. The minimum atomic E-state index is -0.429. The number of thiazole rings is 1. The molecular weight excluding hydrogens is 354 g/mol. The van der Waals surface area contributed by atoms with Gasteiger partial charge in [-0.1, -0.05) is 0 Å². The molecule has 1 aromatic heterocycles. The monoisotopic (exact) mass is 373 g/mol. The van der Waals surface area contributed by atoms with Gasteiger partial charge < -0.3 is 15.1 Å². The Balaban J connectivity index is 1.46. The molecule has 136 valence electrons. The van der Waals surface area contributed by atoms with Crippen molar-refractivity contribution in [2.24, 2.45) is 0 Å². The van der Waals surface area contributed by atoms with Gasteiger partial charge in [-0.25, -0.2) is 4.98 Å². The van der Waals surface area contributed by atoms with Crippen LogP contribution >= 0.6 is 11.3 Å². The number of piperazine rings is 1. The summed E-state index contributed by atoms with van der Waals surface area (Å²) in [7, 11) is 0. The van der Waals surface area contributed by atoms with Gasteiger partial charge in [0.2, 0.25) is 0 Å². The highest BCUT2D eigenvalue weighted by atomic mass is 32.1. The number of rotatable bonds is 5. The minimum absolute atomic E-state index is 0.0378. The molecule has 0 radical (unpaired) electrons. The van der Waals surface area contributed by atoms with Crippen molar-refractivity contribution in [3.8, 4) is 0 Å². The fourth-order valence-electron chi connectivity index (χ4n) is 3.04. The number of hydrogen-bond acceptors (Lipinski definition) is 7. The normalized spacial score (nSPS) is 17.2. The number of carbonyl (C=O) groups is 1. The molecule has 8 nitrogen and oxygen atoms in total. The van der Waals surface area contributed by atoms with Gasteiger partial charge in [0.15, 0.2) is 5.13 Å². The number of hydrogen-bond donors (Lipinski definition) is 1. The summed E-state index contributed by atoms with van der Waals surface area (Å²) in [5.41, 5.74) is 0.813. The topological polar surface area (TPSA) is 91.6 Å². The second-order valence-electron chi connectivity index (χ2n) is 6.50. The van der Waals surface area contributed by atoms with Crippen LogP contribution in [0.2, 0.25) is 0 Å². The molecule has 1 saturated carbocycles. The van der Waals surface area contributed by atoms with E-state index in [1.807, 2.05) is 5.38 Å². The second kappa shape index (κ2) is 6.91. The Morgan fingerprint density at radius 2 is 2.04 bits per heavy atom. The average Bonchev–Trinajstić information content (AvgIpc) is 3.30. The van der Waals surface area contributed by atoms with Crippen LogP contribution in [0.3, 0.4) is 0 Å². The molecule has 0 atom stereocenters. The van der Waals surface area contributed by atoms with Crippen LogP contribution in [0.15, 0.2) is 29.8 Å². The van der Waals surface area contributed by atoms with Gasteiger partial charge in [-0.2, -0.15) is 0 Å². The molecule has 1 aliphatic heterocycles. The van der Waals surface area contributed by atoms with Crippen LogP contribution in [0.1, 0.15) is 23.2 Å². The summed E-state index contributed by atoms with van der Waals surface area (Å²) in [5, 5.41) is 17.4. The Morgan fingerprint density at radius 3 is 2.65 bits per heavy atom. The van der Waals surface area contributed by atoms with E-state index in [1.54, 1.807) is 34.6 Å². The number of amides is 1. The molecule has 0 spiro atoms. The van der Waals surface area contributed by atoms with Crippen LogP contribution in [-0.2, 0) is 0 Å². The molecule has 1 aliphatic carbocycles. The quantitative estimate of drug-likeness (QED) is 0.640. The smallest absolute Gasteiger partial charge is 0.293 e. The summed E-state index contributed by atoms with van der Waals surface area (Å²) in [6.07, 6.45) is 3.83. The van der Waals surface area contributed by atoms with Crippen LogP contribution in [0.25, 0.3) is 0 Å². The minimum Gasteiger partial charge on any atom is -0.377 e. The highest BCUT2D eigenvalue weighted by molar-refractivity contribution is 7.13. The molecule has 0 unspecified atom stereocenters. The molecule has 1 amide bonds. The van der Waals surface area contributed by atoms with Crippen molar-refractivity contribution >= 4 is 33.8 Å². The molecule has 26 heavy (non-hydrogen) atoms. The van der Waals surface area contributed by atoms with E-state index in [-0.39, 0.29) is 11.6 Å². The number of nitro groups is 1. The predicted molar refractivity (Wildman–Crippen MR) is 100.0 cm³/mol. The third kappa shape index (κ3) is 3.48. The Labute approximate surface area is 154 Å². The lowest BCUT2D eigenvalue weighted by Gasteiger charge is -2.34. The average molecular weight is 373 g/mol. The van der Waals surface area contributed by atoms with Crippen molar-refractivity contribution in [1.29, 1.82) is 0 Å². The van der Waals surface area contributed by atoms with Crippen LogP contribution in [0.5, 0.6) is 0 Å². The number of aromatic nitrogens is 1. The lowest BCUT2D eigenvalue weighted by atomic mass is 10.1. The molecule has 1 N–H and O–H groups in total. The first kappa shape index (κ1) is 16.8. The zero-order valence-electron chi connectivity index (χ0n) is 14.1. The van der Waals surface area contributed by atoms with Crippen molar-refractivity contribution in [3.63, 3.8) is 0 Å². The number of nitrogens with zero attached hydrogens (tertiary/aromatic N) is 4.